The first-order chi connectivity index (χ1) is 15.5. The molecule has 0 saturated carbocycles. The Balaban J connectivity index is 1.68. The van der Waals surface area contributed by atoms with Gasteiger partial charge < -0.3 is 9.64 Å². The number of nitrogens with zero attached hydrogens (tertiary/aromatic N) is 2. The van der Waals surface area contributed by atoms with Crippen molar-refractivity contribution >= 4 is 23.4 Å². The van der Waals surface area contributed by atoms with Gasteiger partial charge in [0.05, 0.1) is 24.8 Å². The molecule has 0 spiro atoms. The zero-order valence-electron chi connectivity index (χ0n) is 17.4. The Morgan fingerprint density at radius 1 is 1.00 bits per heavy atom. The highest BCUT2D eigenvalue weighted by Gasteiger charge is 2.44. The van der Waals surface area contributed by atoms with Crippen LogP contribution in [0.2, 0.25) is 0 Å². The van der Waals surface area contributed by atoms with Crippen LogP contribution in [0, 0.1) is 5.82 Å². The lowest BCUT2D eigenvalue weighted by Crippen LogP contribution is -2.45. The Kier molecular flexibility index (Phi) is 5.98. The molecule has 0 radical (unpaired) electrons. The van der Waals surface area contributed by atoms with Crippen molar-refractivity contribution in [3.8, 4) is 5.75 Å². The molecule has 1 atom stereocenters. The zero-order valence-corrected chi connectivity index (χ0v) is 17.4. The average Bonchev–Trinajstić information content (AvgIpc) is 3.11. The summed E-state index contributed by atoms with van der Waals surface area (Å²) >= 11 is 0. The summed E-state index contributed by atoms with van der Waals surface area (Å²) in [4.78, 5) is 41.8. The van der Waals surface area contributed by atoms with E-state index in [4.69, 9.17) is 4.74 Å². The van der Waals surface area contributed by atoms with Crippen LogP contribution in [0.25, 0.3) is 0 Å². The van der Waals surface area contributed by atoms with E-state index in [1.54, 1.807) is 30.3 Å². The van der Waals surface area contributed by atoms with Gasteiger partial charge in [0, 0.05) is 6.54 Å². The molecule has 6 nitrogen and oxygen atoms in total. The van der Waals surface area contributed by atoms with Gasteiger partial charge in [0.25, 0.3) is 11.8 Å². The highest BCUT2D eigenvalue weighted by molar-refractivity contribution is 6.23. The first kappa shape index (κ1) is 21.2. The molecule has 32 heavy (non-hydrogen) atoms. The van der Waals surface area contributed by atoms with Crippen molar-refractivity contribution < 1.29 is 23.5 Å². The number of ether oxygens (including phenoxy) is 1. The van der Waals surface area contributed by atoms with Crippen LogP contribution in [0.4, 0.5) is 10.1 Å². The number of carbonyl (C=O) groups excluding carboxylic acids is 3. The number of amides is 3. The molecule has 1 unspecified atom stereocenters. The van der Waals surface area contributed by atoms with E-state index in [1.807, 2.05) is 30.3 Å². The minimum absolute atomic E-state index is 0.0636. The average molecular weight is 432 g/mol. The number of imide groups is 1. The number of hydrogen-bond acceptors (Lipinski definition) is 4. The molecule has 0 N–H and O–H groups in total. The summed E-state index contributed by atoms with van der Waals surface area (Å²) in [6, 6.07) is 20.2. The maximum Gasteiger partial charge on any atom is 0.257 e. The van der Waals surface area contributed by atoms with E-state index < -0.39 is 29.6 Å². The van der Waals surface area contributed by atoms with Gasteiger partial charge in [-0.05, 0) is 42.0 Å². The molecule has 1 fully saturated rings. The molecule has 1 heterocycles. The molecule has 7 heteroatoms. The monoisotopic (exact) mass is 432 g/mol. The first-order valence-corrected chi connectivity index (χ1v) is 10.1. The summed E-state index contributed by atoms with van der Waals surface area (Å²) in [6.45, 7) is 0.0636. The summed E-state index contributed by atoms with van der Waals surface area (Å²) in [5.41, 5.74) is 1.01. The molecular weight excluding hydrogens is 411 g/mol. The van der Waals surface area contributed by atoms with Crippen molar-refractivity contribution in [2.24, 2.45) is 0 Å². The van der Waals surface area contributed by atoms with Gasteiger partial charge in [0.2, 0.25) is 5.91 Å². The van der Waals surface area contributed by atoms with Crippen molar-refractivity contribution in [3.63, 3.8) is 0 Å². The lowest BCUT2D eigenvalue weighted by Gasteiger charge is -2.28. The number of carbonyl (C=O) groups is 3. The SMILES string of the molecule is COc1ccc(N2C(=O)CC(N(Cc3ccccc3)C(=O)c3ccccc3F)C2=O)cc1. The highest BCUT2D eigenvalue weighted by Crippen LogP contribution is 2.29. The van der Waals surface area contributed by atoms with Crippen LogP contribution in [0.3, 0.4) is 0 Å². The van der Waals surface area contributed by atoms with Crippen LogP contribution in [0.5, 0.6) is 5.75 Å². The van der Waals surface area contributed by atoms with Gasteiger partial charge in [-0.15, -0.1) is 0 Å². The van der Waals surface area contributed by atoms with Crippen LogP contribution in [0.15, 0.2) is 78.9 Å². The third-order valence-corrected chi connectivity index (χ3v) is 5.39. The predicted molar refractivity (Wildman–Crippen MR) is 117 cm³/mol. The number of anilines is 1. The Labute approximate surface area is 184 Å². The van der Waals surface area contributed by atoms with Crippen molar-refractivity contribution in [1.82, 2.24) is 4.90 Å². The predicted octanol–water partition coefficient (Wildman–Crippen LogP) is 3.81. The summed E-state index contributed by atoms with van der Waals surface area (Å²) in [5.74, 6) is -1.69. The minimum Gasteiger partial charge on any atom is -0.497 e. The smallest absolute Gasteiger partial charge is 0.257 e. The molecule has 3 aromatic carbocycles. The fourth-order valence-electron chi connectivity index (χ4n) is 3.75. The summed E-state index contributed by atoms with van der Waals surface area (Å²) in [6.07, 6.45) is -0.183. The standard InChI is InChI=1S/C25H21FN2O4/c1-32-19-13-11-18(12-14-19)28-23(29)15-22(25(28)31)27(16-17-7-3-2-4-8-17)24(30)20-9-5-6-10-21(20)26/h2-14,22H,15-16H2,1H3. The lowest BCUT2D eigenvalue weighted by molar-refractivity contribution is -0.122. The first-order valence-electron chi connectivity index (χ1n) is 10.1. The van der Waals surface area contributed by atoms with Crippen LogP contribution >= 0.6 is 0 Å². The Morgan fingerprint density at radius 3 is 2.31 bits per heavy atom. The molecule has 0 bridgehead atoms. The second-order valence-electron chi connectivity index (χ2n) is 7.38. The summed E-state index contributed by atoms with van der Waals surface area (Å²) < 4.78 is 19.5. The minimum atomic E-state index is -1.04. The van der Waals surface area contributed by atoms with E-state index in [-0.39, 0.29) is 18.5 Å². The molecule has 0 aliphatic carbocycles. The molecule has 1 saturated heterocycles. The zero-order chi connectivity index (χ0) is 22.7. The molecule has 3 aromatic rings. The number of benzene rings is 3. The molecule has 3 amide bonds. The van der Waals surface area contributed by atoms with Crippen LogP contribution in [0.1, 0.15) is 22.3 Å². The van der Waals surface area contributed by atoms with Crippen molar-refractivity contribution in [2.45, 2.75) is 19.0 Å². The Morgan fingerprint density at radius 2 is 1.66 bits per heavy atom. The van der Waals surface area contributed by atoms with Crippen LogP contribution in [-0.2, 0) is 16.1 Å². The van der Waals surface area contributed by atoms with E-state index in [9.17, 15) is 18.8 Å². The third kappa shape index (κ3) is 4.09. The van der Waals surface area contributed by atoms with Gasteiger partial charge in [0.15, 0.2) is 0 Å². The maximum atomic E-state index is 14.4. The van der Waals surface area contributed by atoms with Gasteiger partial charge in [-0.3, -0.25) is 14.4 Å². The van der Waals surface area contributed by atoms with Crippen LogP contribution in [-0.4, -0.2) is 35.8 Å². The van der Waals surface area contributed by atoms with Gasteiger partial charge in [-0.2, -0.15) is 0 Å². The molecule has 4 rings (SSSR count). The quantitative estimate of drug-likeness (QED) is 0.556. The fourth-order valence-corrected chi connectivity index (χ4v) is 3.75. The molecule has 1 aliphatic heterocycles. The highest BCUT2D eigenvalue weighted by atomic mass is 19.1. The molecule has 0 aromatic heterocycles. The van der Waals surface area contributed by atoms with Gasteiger partial charge in [-0.25, -0.2) is 9.29 Å². The van der Waals surface area contributed by atoms with Crippen LogP contribution < -0.4 is 9.64 Å². The Hall–Kier alpha value is -4.00. The van der Waals surface area contributed by atoms with E-state index in [2.05, 4.69) is 0 Å². The van der Waals surface area contributed by atoms with E-state index in [0.29, 0.717) is 11.4 Å². The number of hydrogen-bond donors (Lipinski definition) is 0. The van der Waals surface area contributed by atoms with E-state index >= 15 is 0 Å². The second kappa shape index (κ2) is 9.01. The summed E-state index contributed by atoms with van der Waals surface area (Å²) in [5, 5.41) is 0. The lowest BCUT2D eigenvalue weighted by atomic mass is 10.1. The largest absolute Gasteiger partial charge is 0.497 e. The van der Waals surface area contributed by atoms with Gasteiger partial charge >= 0.3 is 0 Å². The van der Waals surface area contributed by atoms with Crippen molar-refractivity contribution in [1.29, 1.82) is 0 Å². The van der Waals surface area contributed by atoms with Gasteiger partial charge in [0.1, 0.15) is 17.6 Å². The van der Waals surface area contributed by atoms with Gasteiger partial charge in [-0.1, -0.05) is 42.5 Å². The summed E-state index contributed by atoms with van der Waals surface area (Å²) in [7, 11) is 1.52. The second-order valence-corrected chi connectivity index (χ2v) is 7.38. The topological polar surface area (TPSA) is 66.9 Å². The Bertz CT molecular complexity index is 1150. The number of methoxy groups -OCH3 is 1. The third-order valence-electron chi connectivity index (χ3n) is 5.39. The van der Waals surface area contributed by atoms with Crippen molar-refractivity contribution in [2.75, 3.05) is 12.0 Å². The van der Waals surface area contributed by atoms with E-state index in [0.717, 1.165) is 10.5 Å². The molecule has 1 aliphatic rings. The molecular formula is C25H21FN2O4. The maximum absolute atomic E-state index is 14.4. The molecule has 162 valence electrons. The number of halogens is 1. The van der Waals surface area contributed by atoms with Crippen molar-refractivity contribution in [3.05, 3.63) is 95.8 Å². The number of rotatable bonds is 6. The normalized spacial score (nSPS) is 15.7. The van der Waals surface area contributed by atoms with E-state index in [1.165, 1.54) is 30.2 Å². The fraction of sp³-hybridized carbons (Fsp3) is 0.160.